The third-order valence-electron chi connectivity index (χ3n) is 2.44. The van der Waals surface area contributed by atoms with Crippen molar-refractivity contribution in [1.29, 1.82) is 0 Å². The molecule has 12 heavy (non-hydrogen) atoms. The average Bonchev–Trinajstić information content (AvgIpc) is 2.06. The summed E-state index contributed by atoms with van der Waals surface area (Å²) in [7, 11) is 2.14. The van der Waals surface area contributed by atoms with Gasteiger partial charge >= 0.3 is 0 Å². The van der Waals surface area contributed by atoms with Crippen LogP contribution in [0.15, 0.2) is 11.9 Å². The van der Waals surface area contributed by atoms with Crippen LogP contribution in [0.4, 0.5) is 0 Å². The summed E-state index contributed by atoms with van der Waals surface area (Å²) in [5, 5.41) is 0. The number of allylic oxidation sites excluding steroid dienone is 1. The molecule has 1 aliphatic heterocycles. The fraction of sp³-hybridized carbons (Fsp3) is 0.750. The smallest absolute Gasteiger partial charge is 0.0313 e. The first-order valence-corrected chi connectivity index (χ1v) is 4.34. The van der Waals surface area contributed by atoms with E-state index in [1.54, 1.807) is 6.20 Å². The number of rotatable bonds is 2. The summed E-state index contributed by atoms with van der Waals surface area (Å²) >= 11 is 0. The molecule has 0 unspecified atom stereocenters. The SMILES string of the molecule is CN1CCC(/C(N)=C/NN)CC1. The Morgan fingerprint density at radius 3 is 2.58 bits per heavy atom. The molecule has 1 saturated heterocycles. The van der Waals surface area contributed by atoms with Gasteiger partial charge in [-0.2, -0.15) is 0 Å². The number of hydrogen-bond acceptors (Lipinski definition) is 4. The maximum atomic E-state index is 5.80. The zero-order chi connectivity index (χ0) is 8.97. The minimum Gasteiger partial charge on any atom is -0.401 e. The zero-order valence-electron chi connectivity index (χ0n) is 7.59. The Balaban J connectivity index is 2.39. The lowest BCUT2D eigenvalue weighted by atomic mass is 9.94. The van der Waals surface area contributed by atoms with Gasteiger partial charge in [-0.3, -0.25) is 5.84 Å². The van der Waals surface area contributed by atoms with E-state index in [0.717, 1.165) is 31.6 Å². The summed E-state index contributed by atoms with van der Waals surface area (Å²) in [5.41, 5.74) is 9.16. The van der Waals surface area contributed by atoms with Gasteiger partial charge in [0, 0.05) is 17.8 Å². The molecule has 0 bridgehead atoms. The number of piperidine rings is 1. The zero-order valence-corrected chi connectivity index (χ0v) is 7.59. The molecule has 4 nitrogen and oxygen atoms in total. The van der Waals surface area contributed by atoms with Crippen LogP contribution < -0.4 is 17.0 Å². The summed E-state index contributed by atoms with van der Waals surface area (Å²) < 4.78 is 0. The van der Waals surface area contributed by atoms with Gasteiger partial charge in [-0.1, -0.05) is 0 Å². The quantitative estimate of drug-likeness (QED) is 0.389. The molecule has 0 aliphatic carbocycles. The van der Waals surface area contributed by atoms with Crippen molar-refractivity contribution in [2.75, 3.05) is 20.1 Å². The van der Waals surface area contributed by atoms with Crippen molar-refractivity contribution < 1.29 is 0 Å². The van der Waals surface area contributed by atoms with Gasteiger partial charge < -0.3 is 16.1 Å². The molecule has 0 radical (unpaired) electrons. The van der Waals surface area contributed by atoms with Gasteiger partial charge in [-0.05, 0) is 33.0 Å². The summed E-state index contributed by atoms with van der Waals surface area (Å²) in [6.45, 7) is 2.26. The molecule has 1 fully saturated rings. The lowest BCUT2D eigenvalue weighted by Crippen LogP contribution is -2.33. The third-order valence-corrected chi connectivity index (χ3v) is 2.44. The van der Waals surface area contributed by atoms with Crippen LogP contribution in [0.5, 0.6) is 0 Å². The molecule has 5 N–H and O–H groups in total. The number of hydrogen-bond donors (Lipinski definition) is 3. The number of nitrogens with zero attached hydrogens (tertiary/aromatic N) is 1. The molecule has 1 aliphatic rings. The van der Waals surface area contributed by atoms with E-state index < -0.39 is 0 Å². The minimum absolute atomic E-state index is 0.511. The molecule has 4 heteroatoms. The molecule has 0 spiro atoms. The molecule has 0 saturated carbocycles. The summed E-state index contributed by atoms with van der Waals surface area (Å²) in [6.07, 6.45) is 3.97. The second kappa shape index (κ2) is 4.33. The van der Waals surface area contributed by atoms with Crippen molar-refractivity contribution in [3.05, 3.63) is 11.9 Å². The number of nitrogens with one attached hydrogen (secondary N) is 1. The topological polar surface area (TPSA) is 67.3 Å². The first kappa shape index (κ1) is 9.35. The fourth-order valence-corrected chi connectivity index (χ4v) is 1.56. The van der Waals surface area contributed by atoms with E-state index in [-0.39, 0.29) is 0 Å². The normalized spacial score (nSPS) is 22.7. The van der Waals surface area contributed by atoms with Gasteiger partial charge in [0.15, 0.2) is 0 Å². The van der Waals surface area contributed by atoms with Gasteiger partial charge in [-0.15, -0.1) is 0 Å². The molecular weight excluding hydrogens is 152 g/mol. The Morgan fingerprint density at radius 2 is 2.08 bits per heavy atom. The maximum Gasteiger partial charge on any atom is 0.0313 e. The van der Waals surface area contributed by atoms with Crippen LogP contribution in [-0.4, -0.2) is 25.0 Å². The van der Waals surface area contributed by atoms with Crippen LogP contribution in [0.2, 0.25) is 0 Å². The predicted molar refractivity (Wildman–Crippen MR) is 49.8 cm³/mol. The number of hydrazine groups is 1. The second-order valence-corrected chi connectivity index (χ2v) is 3.39. The van der Waals surface area contributed by atoms with Gasteiger partial charge in [0.2, 0.25) is 0 Å². The summed E-state index contributed by atoms with van der Waals surface area (Å²) in [5.74, 6) is 5.66. The van der Waals surface area contributed by atoms with Crippen molar-refractivity contribution in [3.8, 4) is 0 Å². The highest BCUT2D eigenvalue weighted by Crippen LogP contribution is 2.19. The molecule has 1 rings (SSSR count). The van der Waals surface area contributed by atoms with E-state index in [4.69, 9.17) is 11.6 Å². The van der Waals surface area contributed by atoms with Crippen molar-refractivity contribution in [1.82, 2.24) is 10.3 Å². The first-order chi connectivity index (χ1) is 5.74. The number of likely N-dealkylation sites (tertiary alicyclic amines) is 1. The van der Waals surface area contributed by atoms with Gasteiger partial charge in [0.1, 0.15) is 0 Å². The molecule has 0 aromatic carbocycles. The highest BCUT2D eigenvalue weighted by atomic mass is 15.2. The highest BCUT2D eigenvalue weighted by molar-refractivity contribution is 5.01. The standard InChI is InChI=1S/C8H18N4/c1-12-4-2-7(3-5-12)8(9)6-11-10/h6-7,11H,2-5,9-10H2,1H3/b8-6-. The monoisotopic (exact) mass is 170 g/mol. The van der Waals surface area contributed by atoms with Crippen LogP contribution in [0, 0.1) is 5.92 Å². The average molecular weight is 170 g/mol. The van der Waals surface area contributed by atoms with Crippen LogP contribution in [0.3, 0.4) is 0 Å². The highest BCUT2D eigenvalue weighted by Gasteiger charge is 2.18. The minimum atomic E-state index is 0.511. The van der Waals surface area contributed by atoms with E-state index in [0.29, 0.717) is 5.92 Å². The van der Waals surface area contributed by atoms with E-state index >= 15 is 0 Å². The van der Waals surface area contributed by atoms with Gasteiger partial charge in [0.25, 0.3) is 0 Å². The molecule has 0 aromatic rings. The first-order valence-electron chi connectivity index (χ1n) is 4.34. The summed E-state index contributed by atoms with van der Waals surface area (Å²) in [4.78, 5) is 2.32. The van der Waals surface area contributed by atoms with Crippen molar-refractivity contribution >= 4 is 0 Å². The largest absolute Gasteiger partial charge is 0.401 e. The lowest BCUT2D eigenvalue weighted by molar-refractivity contribution is 0.237. The van der Waals surface area contributed by atoms with Crippen molar-refractivity contribution in [2.24, 2.45) is 17.5 Å². The third kappa shape index (κ3) is 2.39. The van der Waals surface area contributed by atoms with Crippen LogP contribution >= 0.6 is 0 Å². The molecule has 0 atom stereocenters. The Bertz CT molecular complexity index is 158. The van der Waals surface area contributed by atoms with Crippen molar-refractivity contribution in [2.45, 2.75) is 12.8 Å². The van der Waals surface area contributed by atoms with Crippen LogP contribution in [0.1, 0.15) is 12.8 Å². The lowest BCUT2D eigenvalue weighted by Gasteiger charge is -2.29. The number of nitrogens with two attached hydrogens (primary N) is 2. The van der Waals surface area contributed by atoms with E-state index in [9.17, 15) is 0 Å². The Hall–Kier alpha value is -0.740. The molecule has 1 heterocycles. The Morgan fingerprint density at radius 1 is 1.50 bits per heavy atom. The van der Waals surface area contributed by atoms with Crippen molar-refractivity contribution in [3.63, 3.8) is 0 Å². The van der Waals surface area contributed by atoms with Crippen LogP contribution in [0.25, 0.3) is 0 Å². The van der Waals surface area contributed by atoms with E-state index in [2.05, 4.69) is 17.4 Å². The molecular formula is C8H18N4. The van der Waals surface area contributed by atoms with E-state index in [1.165, 1.54) is 0 Å². The molecule has 0 amide bonds. The van der Waals surface area contributed by atoms with Gasteiger partial charge in [0.05, 0.1) is 0 Å². The fourth-order valence-electron chi connectivity index (χ4n) is 1.56. The maximum absolute atomic E-state index is 5.80. The molecule has 70 valence electrons. The van der Waals surface area contributed by atoms with Gasteiger partial charge in [-0.25, -0.2) is 0 Å². The second-order valence-electron chi connectivity index (χ2n) is 3.39. The van der Waals surface area contributed by atoms with Crippen LogP contribution in [-0.2, 0) is 0 Å². The Kier molecular flexibility index (Phi) is 3.37. The molecule has 0 aromatic heterocycles. The Labute approximate surface area is 73.6 Å². The predicted octanol–water partition coefficient (Wildman–Crippen LogP) is -0.408. The summed E-state index contributed by atoms with van der Waals surface area (Å²) in [6, 6.07) is 0. The van der Waals surface area contributed by atoms with E-state index in [1.807, 2.05) is 0 Å².